The van der Waals surface area contributed by atoms with Crippen LogP contribution < -0.4 is 4.72 Å². The first-order valence-electron chi connectivity index (χ1n) is 9.48. The molecular weight excluding hydrogens is 551 g/mol. The van der Waals surface area contributed by atoms with Crippen LogP contribution in [0.25, 0.3) is 11.0 Å². The van der Waals surface area contributed by atoms with Crippen LogP contribution >= 0.6 is 22.6 Å². The second-order valence-electron chi connectivity index (χ2n) is 6.97. The molecule has 2 aromatic heterocycles. The van der Waals surface area contributed by atoms with Gasteiger partial charge >= 0.3 is 0 Å². The van der Waals surface area contributed by atoms with Gasteiger partial charge in [0.25, 0.3) is 10.0 Å². The smallest absolute Gasteiger partial charge is 0.261 e. The van der Waals surface area contributed by atoms with E-state index in [1.165, 1.54) is 18.3 Å². The molecule has 0 aliphatic rings. The van der Waals surface area contributed by atoms with E-state index in [-0.39, 0.29) is 10.5 Å². The number of ketones is 1. The number of H-pyrrole nitrogens is 1. The van der Waals surface area contributed by atoms with Crippen LogP contribution in [0.3, 0.4) is 0 Å². The number of carbonyl (C=O) groups excluding carboxylic acids is 1. The molecule has 2 aromatic carbocycles. The van der Waals surface area contributed by atoms with E-state index in [0.29, 0.717) is 11.0 Å². The van der Waals surface area contributed by atoms with Crippen molar-refractivity contribution in [2.45, 2.75) is 18.2 Å². The molecule has 6 nitrogen and oxygen atoms in total. The maximum atomic E-state index is 15.2. The van der Waals surface area contributed by atoms with Gasteiger partial charge in [0, 0.05) is 26.9 Å². The van der Waals surface area contributed by atoms with Gasteiger partial charge in [0.2, 0.25) is 5.78 Å². The van der Waals surface area contributed by atoms with E-state index in [4.69, 9.17) is 0 Å². The predicted octanol–water partition coefficient (Wildman–Crippen LogP) is 5.04. The highest BCUT2D eigenvalue weighted by atomic mass is 127. The SMILES string of the molecule is CCc1ccc(S(=O)(=O)Nc2ccc(F)c(C(=O)c3c[nH]c4ncc(I)cc34)c2F)cc1. The van der Waals surface area contributed by atoms with Crippen molar-refractivity contribution in [3.8, 4) is 0 Å². The molecule has 0 fully saturated rings. The molecule has 0 unspecified atom stereocenters. The van der Waals surface area contributed by atoms with Crippen LogP contribution in [0.1, 0.15) is 28.4 Å². The van der Waals surface area contributed by atoms with Gasteiger partial charge in [0.1, 0.15) is 11.5 Å². The van der Waals surface area contributed by atoms with Gasteiger partial charge in [-0.05, 0) is 64.9 Å². The molecule has 0 aliphatic heterocycles. The monoisotopic (exact) mass is 567 g/mol. The van der Waals surface area contributed by atoms with Crippen molar-refractivity contribution < 1.29 is 22.0 Å². The van der Waals surface area contributed by atoms with E-state index in [0.717, 1.165) is 27.7 Å². The predicted molar refractivity (Wildman–Crippen MR) is 125 cm³/mol. The van der Waals surface area contributed by atoms with Gasteiger partial charge in [0.05, 0.1) is 16.1 Å². The molecule has 0 saturated carbocycles. The van der Waals surface area contributed by atoms with Crippen LogP contribution in [0.5, 0.6) is 0 Å². The van der Waals surface area contributed by atoms with E-state index in [9.17, 15) is 17.6 Å². The summed E-state index contributed by atoms with van der Waals surface area (Å²) in [6.07, 6.45) is 3.63. The molecule has 0 spiro atoms. The number of hydrogen-bond donors (Lipinski definition) is 2. The average Bonchev–Trinajstić information content (AvgIpc) is 3.18. The van der Waals surface area contributed by atoms with Gasteiger partial charge in [-0.1, -0.05) is 19.1 Å². The van der Waals surface area contributed by atoms with Gasteiger partial charge in [-0.15, -0.1) is 0 Å². The molecule has 10 heteroatoms. The second kappa shape index (κ2) is 8.58. The zero-order chi connectivity index (χ0) is 23.0. The Labute approximate surface area is 196 Å². The van der Waals surface area contributed by atoms with Gasteiger partial charge < -0.3 is 4.98 Å². The number of aromatic amines is 1. The maximum Gasteiger partial charge on any atom is 0.261 e. The summed E-state index contributed by atoms with van der Waals surface area (Å²) in [4.78, 5) is 19.9. The van der Waals surface area contributed by atoms with Crippen molar-refractivity contribution in [2.24, 2.45) is 0 Å². The molecule has 0 saturated heterocycles. The van der Waals surface area contributed by atoms with Crippen LogP contribution in [0.2, 0.25) is 0 Å². The van der Waals surface area contributed by atoms with Crippen molar-refractivity contribution >= 4 is 55.1 Å². The molecule has 0 atom stereocenters. The fourth-order valence-corrected chi connectivity index (χ4v) is 4.76. The van der Waals surface area contributed by atoms with Crippen molar-refractivity contribution in [2.75, 3.05) is 4.72 Å². The number of fused-ring (bicyclic) bond motifs is 1. The number of pyridine rings is 1. The molecular formula is C22H16F2IN3O3S. The van der Waals surface area contributed by atoms with Crippen molar-refractivity contribution in [1.29, 1.82) is 0 Å². The van der Waals surface area contributed by atoms with Crippen LogP contribution in [0, 0.1) is 15.2 Å². The summed E-state index contributed by atoms with van der Waals surface area (Å²) in [5.41, 5.74) is -0.0261. The summed E-state index contributed by atoms with van der Waals surface area (Å²) in [7, 11) is -4.15. The summed E-state index contributed by atoms with van der Waals surface area (Å²) in [6, 6.07) is 9.55. The number of rotatable bonds is 6. The van der Waals surface area contributed by atoms with Gasteiger partial charge in [-0.3, -0.25) is 9.52 Å². The van der Waals surface area contributed by atoms with Gasteiger partial charge in [0.15, 0.2) is 5.82 Å². The zero-order valence-electron chi connectivity index (χ0n) is 16.6. The normalized spacial score (nSPS) is 11.6. The summed E-state index contributed by atoms with van der Waals surface area (Å²) in [5.74, 6) is -3.32. The topological polar surface area (TPSA) is 91.9 Å². The minimum absolute atomic E-state index is 0.0268. The van der Waals surface area contributed by atoms with Gasteiger partial charge in [-0.25, -0.2) is 22.2 Å². The van der Waals surface area contributed by atoms with Gasteiger partial charge in [-0.2, -0.15) is 0 Å². The Morgan fingerprint density at radius 3 is 2.56 bits per heavy atom. The van der Waals surface area contributed by atoms with Crippen LogP contribution in [-0.4, -0.2) is 24.2 Å². The molecule has 32 heavy (non-hydrogen) atoms. The van der Waals surface area contributed by atoms with Crippen LogP contribution in [-0.2, 0) is 16.4 Å². The Balaban J connectivity index is 1.74. The molecule has 0 radical (unpaired) electrons. The zero-order valence-corrected chi connectivity index (χ0v) is 19.6. The minimum Gasteiger partial charge on any atom is -0.345 e. The number of aromatic nitrogens is 2. The number of aryl methyl sites for hydroxylation is 1. The average molecular weight is 567 g/mol. The number of halogens is 3. The fourth-order valence-electron chi connectivity index (χ4n) is 3.25. The Bertz CT molecular complexity index is 1450. The number of nitrogens with one attached hydrogen (secondary N) is 2. The maximum absolute atomic E-state index is 15.2. The van der Waals surface area contributed by atoms with E-state index in [2.05, 4.69) is 14.7 Å². The van der Waals surface area contributed by atoms with E-state index < -0.39 is 38.7 Å². The van der Waals surface area contributed by atoms with Crippen LogP contribution in [0.15, 0.2) is 59.8 Å². The summed E-state index contributed by atoms with van der Waals surface area (Å²) < 4.78 is 58.0. The number of sulfonamides is 1. The first kappa shape index (κ1) is 22.3. The molecule has 2 N–H and O–H groups in total. The van der Waals surface area contributed by atoms with Crippen LogP contribution in [0.4, 0.5) is 14.5 Å². The highest BCUT2D eigenvalue weighted by Gasteiger charge is 2.26. The lowest BCUT2D eigenvalue weighted by Gasteiger charge is -2.12. The lowest BCUT2D eigenvalue weighted by atomic mass is 10.0. The Morgan fingerprint density at radius 2 is 1.88 bits per heavy atom. The quantitative estimate of drug-likeness (QED) is 0.252. The highest BCUT2D eigenvalue weighted by Crippen LogP contribution is 2.28. The lowest BCUT2D eigenvalue weighted by Crippen LogP contribution is -2.16. The summed E-state index contributed by atoms with van der Waals surface area (Å²) in [6.45, 7) is 1.93. The minimum atomic E-state index is -4.15. The Morgan fingerprint density at radius 1 is 1.16 bits per heavy atom. The largest absolute Gasteiger partial charge is 0.345 e. The summed E-state index contributed by atoms with van der Waals surface area (Å²) in [5, 5.41) is 0.405. The summed E-state index contributed by atoms with van der Waals surface area (Å²) >= 11 is 2.01. The molecule has 0 amide bonds. The fraction of sp³-hybridized carbons (Fsp3) is 0.0909. The first-order valence-corrected chi connectivity index (χ1v) is 12.0. The second-order valence-corrected chi connectivity index (χ2v) is 9.90. The highest BCUT2D eigenvalue weighted by molar-refractivity contribution is 14.1. The number of benzene rings is 2. The third-order valence-electron chi connectivity index (χ3n) is 4.95. The lowest BCUT2D eigenvalue weighted by molar-refractivity contribution is 0.103. The Kier molecular flexibility index (Phi) is 5.99. The Hall–Kier alpha value is -2.86. The number of anilines is 1. The molecule has 4 aromatic rings. The number of nitrogens with zero attached hydrogens (tertiary/aromatic N) is 1. The van der Waals surface area contributed by atoms with E-state index >= 15 is 4.39 Å². The molecule has 0 bridgehead atoms. The first-order chi connectivity index (χ1) is 15.2. The van der Waals surface area contributed by atoms with Crippen molar-refractivity contribution in [1.82, 2.24) is 9.97 Å². The molecule has 4 rings (SSSR count). The number of carbonyl (C=O) groups is 1. The standard InChI is InChI=1S/C22H16F2IN3O3S/c1-2-12-3-5-14(6-4-12)32(30,31)28-18-8-7-17(23)19(20(18)24)21(29)16-11-27-22-15(16)9-13(25)10-26-22/h3-11,28H,2H2,1H3,(H,26,27). The van der Waals surface area contributed by atoms with E-state index in [1.807, 2.05) is 29.5 Å². The van der Waals surface area contributed by atoms with Crippen molar-refractivity contribution in [3.63, 3.8) is 0 Å². The molecule has 0 aliphatic carbocycles. The molecule has 2 heterocycles. The van der Waals surface area contributed by atoms with E-state index in [1.54, 1.807) is 24.4 Å². The molecule has 164 valence electrons. The number of hydrogen-bond acceptors (Lipinski definition) is 4. The third-order valence-corrected chi connectivity index (χ3v) is 6.92. The third kappa shape index (κ3) is 4.11. The van der Waals surface area contributed by atoms with Crippen molar-refractivity contribution in [3.05, 3.63) is 86.8 Å².